The van der Waals surface area contributed by atoms with Crippen LogP contribution in [0.25, 0.3) is 5.65 Å². The fraction of sp³-hybridized carbons (Fsp3) is 0.0909. The number of benzene rings is 2. The summed E-state index contributed by atoms with van der Waals surface area (Å²) in [6, 6.07) is 16.2. The molecule has 2 aromatic carbocycles. The van der Waals surface area contributed by atoms with Gasteiger partial charge in [-0.2, -0.15) is 0 Å². The van der Waals surface area contributed by atoms with E-state index >= 15 is 0 Å². The first kappa shape index (κ1) is 20.5. The van der Waals surface area contributed by atoms with Crippen molar-refractivity contribution >= 4 is 39.1 Å². The van der Waals surface area contributed by atoms with E-state index < -0.39 is 11.5 Å². The highest BCUT2D eigenvalue weighted by atomic mass is 79.9. The van der Waals surface area contributed by atoms with Crippen molar-refractivity contribution in [3.63, 3.8) is 0 Å². The van der Waals surface area contributed by atoms with E-state index in [9.17, 15) is 14.4 Å². The minimum absolute atomic E-state index is 0.157. The number of carbonyl (C=O) groups is 2. The molecule has 0 spiro atoms. The van der Waals surface area contributed by atoms with Gasteiger partial charge in [0.25, 0.3) is 11.5 Å². The molecule has 0 bridgehead atoms. The molecule has 8 nitrogen and oxygen atoms in total. The number of fused-ring (bicyclic) bond motifs is 1. The number of anilines is 1. The molecular formula is C22H16BrN3O5. The van der Waals surface area contributed by atoms with Crippen molar-refractivity contribution in [2.75, 3.05) is 5.32 Å². The zero-order valence-electron chi connectivity index (χ0n) is 16.3. The van der Waals surface area contributed by atoms with Gasteiger partial charge in [0.2, 0.25) is 0 Å². The average molecular weight is 482 g/mol. The number of aromatic nitrogens is 2. The average Bonchev–Trinajstić information content (AvgIpc) is 3.13. The molecule has 156 valence electrons. The molecule has 0 unspecified atom stereocenters. The van der Waals surface area contributed by atoms with Gasteiger partial charge in [0, 0.05) is 27.9 Å². The summed E-state index contributed by atoms with van der Waals surface area (Å²) >= 11 is 3.33. The first-order valence-corrected chi connectivity index (χ1v) is 10.0. The second-order valence-electron chi connectivity index (χ2n) is 6.70. The molecule has 0 aliphatic rings. The van der Waals surface area contributed by atoms with E-state index in [1.54, 1.807) is 55.5 Å². The molecule has 1 N–H and O–H groups in total. The van der Waals surface area contributed by atoms with E-state index in [2.05, 4.69) is 26.2 Å². The van der Waals surface area contributed by atoms with Crippen LogP contribution in [0, 0.1) is 6.92 Å². The molecule has 0 radical (unpaired) electrons. The third-order valence-electron chi connectivity index (χ3n) is 4.34. The van der Waals surface area contributed by atoms with Crippen LogP contribution in [0.5, 0.6) is 0 Å². The number of ether oxygens (including phenoxy) is 1. The lowest BCUT2D eigenvalue weighted by molar-refractivity contribution is 0.0467. The fourth-order valence-corrected chi connectivity index (χ4v) is 3.29. The second kappa shape index (κ2) is 8.57. The molecule has 0 atom stereocenters. The van der Waals surface area contributed by atoms with Crippen LogP contribution in [0.4, 0.5) is 5.69 Å². The maximum absolute atomic E-state index is 12.3. The molecule has 0 fully saturated rings. The van der Waals surface area contributed by atoms with Crippen LogP contribution in [-0.2, 0) is 11.3 Å². The summed E-state index contributed by atoms with van der Waals surface area (Å²) in [5.74, 6) is -0.292. The Balaban J connectivity index is 1.39. The van der Waals surface area contributed by atoms with Gasteiger partial charge >= 0.3 is 5.97 Å². The molecule has 0 aliphatic carbocycles. The van der Waals surface area contributed by atoms with Gasteiger partial charge in [-0.15, -0.1) is 4.57 Å². The number of nitrogens with zero attached hydrogens (tertiary/aromatic N) is 2. The van der Waals surface area contributed by atoms with Gasteiger partial charge in [0.15, 0.2) is 5.65 Å². The normalized spacial score (nSPS) is 10.8. The summed E-state index contributed by atoms with van der Waals surface area (Å²) in [6.45, 7) is 1.55. The van der Waals surface area contributed by atoms with Gasteiger partial charge in [-0.25, -0.2) is 9.78 Å². The molecule has 1 amide bonds. The van der Waals surface area contributed by atoms with Gasteiger partial charge < -0.3 is 14.6 Å². The number of rotatable bonds is 5. The maximum Gasteiger partial charge on any atom is 0.338 e. The van der Waals surface area contributed by atoms with Crippen molar-refractivity contribution in [1.29, 1.82) is 0 Å². The zero-order valence-corrected chi connectivity index (χ0v) is 17.9. The molecule has 0 saturated carbocycles. The first-order chi connectivity index (χ1) is 14.9. The van der Waals surface area contributed by atoms with Crippen LogP contribution in [0.15, 0.2) is 74.5 Å². The van der Waals surface area contributed by atoms with E-state index in [1.165, 1.54) is 6.07 Å². The molecule has 0 aliphatic heterocycles. The summed E-state index contributed by atoms with van der Waals surface area (Å²) < 4.78 is 12.4. The predicted molar refractivity (Wildman–Crippen MR) is 116 cm³/mol. The van der Waals surface area contributed by atoms with Gasteiger partial charge in [-0.3, -0.25) is 9.59 Å². The van der Waals surface area contributed by atoms with Crippen LogP contribution in [0.2, 0.25) is 0 Å². The molecule has 2 aromatic heterocycles. The van der Waals surface area contributed by atoms with E-state index in [4.69, 9.17) is 9.26 Å². The lowest BCUT2D eigenvalue weighted by Crippen LogP contribution is -2.15. The Kier molecular flexibility index (Phi) is 5.68. The largest absolute Gasteiger partial charge is 0.456 e. The highest BCUT2D eigenvalue weighted by molar-refractivity contribution is 9.10. The quantitative estimate of drug-likeness (QED) is 0.432. The number of amides is 1. The number of esters is 1. The standard InChI is InChI=1S/C22H16BrN3O5/c1-13-9-19-24-18(11-20(27)26(19)31-13)12-30-22(29)14-5-7-17(8-6-14)25-21(28)15-3-2-4-16(23)10-15/h2-11H,12H2,1H3,(H,25,28). The Morgan fingerprint density at radius 1 is 1.10 bits per heavy atom. The van der Waals surface area contributed by atoms with Crippen molar-refractivity contribution in [1.82, 2.24) is 9.56 Å². The first-order valence-electron chi connectivity index (χ1n) is 9.23. The van der Waals surface area contributed by atoms with Crippen LogP contribution in [0.1, 0.15) is 32.2 Å². The third-order valence-corrected chi connectivity index (χ3v) is 4.83. The third kappa shape index (κ3) is 4.72. The Morgan fingerprint density at radius 3 is 2.61 bits per heavy atom. The van der Waals surface area contributed by atoms with Crippen molar-refractivity contribution in [3.8, 4) is 0 Å². The van der Waals surface area contributed by atoms with Crippen LogP contribution in [-0.4, -0.2) is 21.4 Å². The van der Waals surface area contributed by atoms with Gasteiger partial charge in [0.1, 0.15) is 12.4 Å². The molecule has 9 heteroatoms. The van der Waals surface area contributed by atoms with Crippen LogP contribution >= 0.6 is 15.9 Å². The van der Waals surface area contributed by atoms with Crippen LogP contribution in [0.3, 0.4) is 0 Å². The Bertz CT molecular complexity index is 1340. The van der Waals surface area contributed by atoms with E-state index in [-0.39, 0.29) is 12.5 Å². The molecular weight excluding hydrogens is 466 g/mol. The second-order valence-corrected chi connectivity index (χ2v) is 7.62. The number of hydrogen-bond acceptors (Lipinski definition) is 6. The highest BCUT2D eigenvalue weighted by Crippen LogP contribution is 2.16. The van der Waals surface area contributed by atoms with E-state index in [1.807, 2.05) is 6.07 Å². The Morgan fingerprint density at radius 2 is 1.87 bits per heavy atom. The summed E-state index contributed by atoms with van der Waals surface area (Å²) in [6.07, 6.45) is 0. The van der Waals surface area contributed by atoms with Crippen molar-refractivity contribution < 1.29 is 18.8 Å². The van der Waals surface area contributed by atoms with Crippen molar-refractivity contribution in [2.24, 2.45) is 0 Å². The summed E-state index contributed by atoms with van der Waals surface area (Å²) in [5, 5.41) is 2.77. The van der Waals surface area contributed by atoms with Crippen LogP contribution < -0.4 is 10.9 Å². The minimum atomic E-state index is -0.574. The topological polar surface area (TPSA) is 103 Å². The number of hydrogen-bond donors (Lipinski definition) is 1. The molecule has 4 rings (SSSR count). The summed E-state index contributed by atoms with van der Waals surface area (Å²) in [4.78, 5) is 40.9. The molecule has 0 saturated heterocycles. The lowest BCUT2D eigenvalue weighted by atomic mass is 10.2. The SMILES string of the molecule is Cc1cc2nc(COC(=O)c3ccc(NC(=O)c4cccc(Br)c4)cc3)cc(=O)n2o1. The summed E-state index contributed by atoms with van der Waals surface area (Å²) in [7, 11) is 0. The summed E-state index contributed by atoms with van der Waals surface area (Å²) in [5.41, 5.74) is 1.62. The van der Waals surface area contributed by atoms with E-state index in [0.29, 0.717) is 33.9 Å². The molecule has 4 aromatic rings. The van der Waals surface area contributed by atoms with Gasteiger partial charge in [-0.05, 0) is 49.4 Å². The highest BCUT2D eigenvalue weighted by Gasteiger charge is 2.12. The number of carbonyl (C=O) groups excluding carboxylic acids is 2. The lowest BCUT2D eigenvalue weighted by Gasteiger charge is -2.07. The minimum Gasteiger partial charge on any atom is -0.456 e. The Hall–Kier alpha value is -3.72. The van der Waals surface area contributed by atoms with Gasteiger partial charge in [-0.1, -0.05) is 22.0 Å². The van der Waals surface area contributed by atoms with Gasteiger partial charge in [0.05, 0.1) is 11.3 Å². The monoisotopic (exact) mass is 481 g/mol. The predicted octanol–water partition coefficient (Wildman–Crippen LogP) is 3.97. The van der Waals surface area contributed by atoms with Crippen molar-refractivity contribution in [3.05, 3.63) is 98.1 Å². The smallest absolute Gasteiger partial charge is 0.338 e. The fourth-order valence-electron chi connectivity index (χ4n) is 2.89. The Labute approximate surface area is 184 Å². The molecule has 2 heterocycles. The molecule has 31 heavy (non-hydrogen) atoms. The zero-order chi connectivity index (χ0) is 22.0. The van der Waals surface area contributed by atoms with E-state index in [0.717, 1.165) is 9.05 Å². The van der Waals surface area contributed by atoms with Crippen molar-refractivity contribution in [2.45, 2.75) is 13.5 Å². The maximum atomic E-state index is 12.3. The number of nitrogens with one attached hydrogen (secondary N) is 1. The number of halogens is 1. The number of aryl methyl sites for hydroxylation is 1.